The summed E-state index contributed by atoms with van der Waals surface area (Å²) in [5.41, 5.74) is 3.03. The molecule has 1 amide bonds. The quantitative estimate of drug-likeness (QED) is 0.613. The van der Waals surface area contributed by atoms with E-state index in [9.17, 15) is 4.79 Å². The molecule has 1 unspecified atom stereocenters. The van der Waals surface area contributed by atoms with Crippen LogP contribution in [0.5, 0.6) is 11.5 Å². The zero-order valence-electron chi connectivity index (χ0n) is 18.1. The molecule has 31 heavy (non-hydrogen) atoms. The van der Waals surface area contributed by atoms with Crippen LogP contribution in [-0.2, 0) is 11.2 Å². The van der Waals surface area contributed by atoms with Crippen molar-refractivity contribution in [2.75, 3.05) is 13.2 Å². The monoisotopic (exact) mass is 421 g/mol. The molecule has 0 bridgehead atoms. The number of rotatable bonds is 7. The first kappa shape index (κ1) is 20.9. The van der Waals surface area contributed by atoms with E-state index in [1.165, 1.54) is 0 Å². The summed E-state index contributed by atoms with van der Waals surface area (Å²) >= 11 is 0. The molecule has 2 aromatic carbocycles. The number of aryl methyl sites for hydroxylation is 2. The van der Waals surface area contributed by atoms with E-state index < -0.39 is 0 Å². The number of ether oxygens (including phenoxy) is 2. The first-order chi connectivity index (χ1) is 15.0. The van der Waals surface area contributed by atoms with Gasteiger partial charge in [0, 0.05) is 18.4 Å². The van der Waals surface area contributed by atoms with Crippen LogP contribution < -0.4 is 14.8 Å². The lowest BCUT2D eigenvalue weighted by Crippen LogP contribution is -2.32. The van der Waals surface area contributed by atoms with Crippen molar-refractivity contribution in [3.63, 3.8) is 0 Å². The first-order valence-corrected chi connectivity index (χ1v) is 10.6. The molecule has 1 N–H and O–H groups in total. The molecule has 2 heterocycles. The summed E-state index contributed by atoms with van der Waals surface area (Å²) in [6.45, 7) is 7.26. The Bertz CT molecular complexity index is 1040. The summed E-state index contributed by atoms with van der Waals surface area (Å²) in [6.07, 6.45) is 0.653. The number of hydrogen-bond donors (Lipinski definition) is 1. The minimum Gasteiger partial charge on any atom is -0.486 e. The van der Waals surface area contributed by atoms with Gasteiger partial charge in [-0.1, -0.05) is 37.6 Å². The predicted octanol–water partition coefficient (Wildman–Crippen LogP) is 4.26. The van der Waals surface area contributed by atoms with Gasteiger partial charge in [0.15, 0.2) is 11.5 Å². The van der Waals surface area contributed by atoms with Gasteiger partial charge in [0.05, 0.1) is 6.04 Å². The van der Waals surface area contributed by atoms with Gasteiger partial charge in [-0.3, -0.25) is 4.79 Å². The zero-order chi connectivity index (χ0) is 21.8. The van der Waals surface area contributed by atoms with Gasteiger partial charge >= 0.3 is 0 Å². The SMILES string of the molecule is Cc1ccc(-c2nnc(CCC(=O)NC(c3ccc4c(c3)OCCO4)C(C)C)o2)cc1. The predicted molar refractivity (Wildman–Crippen MR) is 116 cm³/mol. The van der Waals surface area contributed by atoms with E-state index in [-0.39, 0.29) is 24.3 Å². The Morgan fingerprint density at radius 2 is 1.77 bits per heavy atom. The van der Waals surface area contributed by atoms with Crippen molar-refractivity contribution < 1.29 is 18.7 Å². The third-order valence-corrected chi connectivity index (χ3v) is 5.24. The Balaban J connectivity index is 1.37. The standard InChI is InChI=1S/C24H27N3O4/c1-15(2)23(18-8-9-19-20(14-18)30-13-12-29-19)25-21(28)10-11-22-26-27-24(31-22)17-6-4-16(3)5-7-17/h4-9,14-15,23H,10-13H2,1-3H3,(H,25,28). The van der Waals surface area contributed by atoms with Gasteiger partial charge in [-0.2, -0.15) is 0 Å². The van der Waals surface area contributed by atoms with Crippen molar-refractivity contribution in [2.45, 2.75) is 39.7 Å². The Labute approximate surface area is 181 Å². The fourth-order valence-corrected chi connectivity index (χ4v) is 3.52. The summed E-state index contributed by atoms with van der Waals surface area (Å²) in [4.78, 5) is 12.7. The smallest absolute Gasteiger partial charge is 0.247 e. The number of nitrogens with zero attached hydrogens (tertiary/aromatic N) is 2. The third-order valence-electron chi connectivity index (χ3n) is 5.24. The zero-order valence-corrected chi connectivity index (χ0v) is 18.1. The van der Waals surface area contributed by atoms with E-state index in [4.69, 9.17) is 13.9 Å². The highest BCUT2D eigenvalue weighted by Crippen LogP contribution is 2.34. The Hall–Kier alpha value is -3.35. The fraction of sp³-hybridized carbons (Fsp3) is 0.375. The Morgan fingerprint density at radius 3 is 2.52 bits per heavy atom. The molecule has 1 aromatic heterocycles. The number of benzene rings is 2. The van der Waals surface area contributed by atoms with Gasteiger partial charge in [0.25, 0.3) is 0 Å². The molecule has 0 fully saturated rings. The van der Waals surface area contributed by atoms with Crippen molar-refractivity contribution >= 4 is 5.91 Å². The van der Waals surface area contributed by atoms with Crippen LogP contribution in [0.1, 0.15) is 43.3 Å². The highest BCUT2D eigenvalue weighted by molar-refractivity contribution is 5.76. The van der Waals surface area contributed by atoms with Crippen molar-refractivity contribution in [3.05, 3.63) is 59.5 Å². The molecule has 1 aliphatic heterocycles. The number of hydrogen-bond acceptors (Lipinski definition) is 6. The summed E-state index contributed by atoms with van der Waals surface area (Å²) in [6, 6.07) is 13.6. The van der Waals surface area contributed by atoms with Gasteiger partial charge in [0.1, 0.15) is 13.2 Å². The minimum atomic E-state index is -0.130. The van der Waals surface area contributed by atoms with Crippen LogP contribution in [0.25, 0.3) is 11.5 Å². The lowest BCUT2D eigenvalue weighted by Gasteiger charge is -2.25. The van der Waals surface area contributed by atoms with Crippen molar-refractivity contribution in [3.8, 4) is 23.0 Å². The molecule has 0 aliphatic carbocycles. The van der Waals surface area contributed by atoms with E-state index >= 15 is 0 Å². The second-order valence-electron chi connectivity index (χ2n) is 8.06. The molecular weight excluding hydrogens is 394 g/mol. The molecule has 3 aromatic rings. The van der Waals surface area contributed by atoms with Gasteiger partial charge in [-0.25, -0.2) is 0 Å². The van der Waals surface area contributed by atoms with Gasteiger partial charge in [0.2, 0.25) is 17.7 Å². The van der Waals surface area contributed by atoms with Crippen LogP contribution in [0.2, 0.25) is 0 Å². The maximum atomic E-state index is 12.7. The molecule has 0 spiro atoms. The molecule has 7 nitrogen and oxygen atoms in total. The van der Waals surface area contributed by atoms with Gasteiger partial charge in [-0.05, 0) is 42.7 Å². The summed E-state index contributed by atoms with van der Waals surface area (Å²) in [5.74, 6) is 2.52. The van der Waals surface area contributed by atoms with Crippen molar-refractivity contribution in [1.29, 1.82) is 0 Å². The minimum absolute atomic E-state index is 0.0660. The van der Waals surface area contributed by atoms with Crippen LogP contribution in [-0.4, -0.2) is 29.3 Å². The summed E-state index contributed by atoms with van der Waals surface area (Å²) < 4.78 is 17.0. The van der Waals surface area contributed by atoms with Crippen LogP contribution >= 0.6 is 0 Å². The number of carbonyl (C=O) groups is 1. The molecular formula is C24H27N3O4. The molecule has 1 atom stereocenters. The lowest BCUT2D eigenvalue weighted by molar-refractivity contribution is -0.122. The largest absolute Gasteiger partial charge is 0.486 e. The van der Waals surface area contributed by atoms with Crippen LogP contribution in [0, 0.1) is 12.8 Å². The van der Waals surface area contributed by atoms with Crippen molar-refractivity contribution in [1.82, 2.24) is 15.5 Å². The Morgan fingerprint density at radius 1 is 1.03 bits per heavy atom. The molecule has 0 saturated carbocycles. The van der Waals surface area contributed by atoms with E-state index in [0.29, 0.717) is 31.4 Å². The number of nitrogens with one attached hydrogen (secondary N) is 1. The number of fused-ring (bicyclic) bond motifs is 1. The van der Waals surface area contributed by atoms with E-state index in [0.717, 1.165) is 28.2 Å². The van der Waals surface area contributed by atoms with E-state index in [2.05, 4.69) is 29.4 Å². The number of amides is 1. The van der Waals surface area contributed by atoms with E-state index in [1.807, 2.05) is 49.4 Å². The topological polar surface area (TPSA) is 86.5 Å². The molecule has 4 rings (SSSR count). The van der Waals surface area contributed by atoms with Gasteiger partial charge < -0.3 is 19.2 Å². The maximum Gasteiger partial charge on any atom is 0.247 e. The highest BCUT2D eigenvalue weighted by Gasteiger charge is 2.22. The highest BCUT2D eigenvalue weighted by atomic mass is 16.6. The number of aromatic nitrogens is 2. The maximum absolute atomic E-state index is 12.7. The molecule has 162 valence electrons. The number of carbonyl (C=O) groups excluding carboxylic acids is 1. The third kappa shape index (κ3) is 5.05. The first-order valence-electron chi connectivity index (χ1n) is 10.6. The Kier molecular flexibility index (Phi) is 6.21. The van der Waals surface area contributed by atoms with Crippen LogP contribution in [0.4, 0.5) is 0 Å². The second kappa shape index (κ2) is 9.20. The summed E-state index contributed by atoms with van der Waals surface area (Å²) in [5, 5.41) is 11.3. The lowest BCUT2D eigenvalue weighted by atomic mass is 9.95. The average molecular weight is 421 g/mol. The summed E-state index contributed by atoms with van der Waals surface area (Å²) in [7, 11) is 0. The normalized spacial score (nSPS) is 13.8. The second-order valence-corrected chi connectivity index (χ2v) is 8.06. The molecule has 7 heteroatoms. The average Bonchev–Trinajstić information content (AvgIpc) is 3.25. The van der Waals surface area contributed by atoms with Crippen molar-refractivity contribution in [2.24, 2.45) is 5.92 Å². The van der Waals surface area contributed by atoms with Crippen LogP contribution in [0.15, 0.2) is 46.9 Å². The fourth-order valence-electron chi connectivity index (χ4n) is 3.52. The van der Waals surface area contributed by atoms with Gasteiger partial charge in [-0.15, -0.1) is 10.2 Å². The van der Waals surface area contributed by atoms with E-state index in [1.54, 1.807) is 0 Å². The molecule has 1 aliphatic rings. The molecule has 0 saturated heterocycles. The molecule has 0 radical (unpaired) electrons. The van der Waals surface area contributed by atoms with Crippen LogP contribution in [0.3, 0.4) is 0 Å².